The lowest BCUT2D eigenvalue weighted by atomic mass is 10.3. The molecule has 0 unspecified atom stereocenters. The summed E-state index contributed by atoms with van der Waals surface area (Å²) in [4.78, 5) is 25.6. The fourth-order valence-electron chi connectivity index (χ4n) is 2.09. The molecule has 0 amide bonds. The van der Waals surface area contributed by atoms with E-state index in [0.717, 1.165) is 0 Å². The van der Waals surface area contributed by atoms with Gasteiger partial charge in [0.2, 0.25) is 6.33 Å². The van der Waals surface area contributed by atoms with Crippen molar-refractivity contribution in [1.82, 2.24) is 19.3 Å². The van der Waals surface area contributed by atoms with E-state index >= 15 is 0 Å². The summed E-state index contributed by atoms with van der Waals surface area (Å²) in [5, 5.41) is 15.4. The highest BCUT2D eigenvalue weighted by molar-refractivity contribution is 6.42. The third-order valence-corrected chi connectivity index (χ3v) is 4.11. The van der Waals surface area contributed by atoms with E-state index in [-0.39, 0.29) is 24.5 Å². The molecule has 11 heteroatoms. The standard InChI is InChI=1S/C15H11Cl2N5O4/c16-12-2-1-11(5-13(12)17)21-7-10(6-19-21)15(23)26-4-3-20-8-14(18-9-20)22(24)25/h1-2,5-9H,3-4H2. The van der Waals surface area contributed by atoms with Gasteiger partial charge in [-0.05, 0) is 28.1 Å². The first-order chi connectivity index (χ1) is 12.4. The fourth-order valence-corrected chi connectivity index (χ4v) is 2.38. The zero-order chi connectivity index (χ0) is 18.7. The molecule has 2 aromatic heterocycles. The van der Waals surface area contributed by atoms with Crippen LogP contribution in [0.5, 0.6) is 0 Å². The molecule has 0 aliphatic rings. The largest absolute Gasteiger partial charge is 0.460 e. The monoisotopic (exact) mass is 395 g/mol. The normalized spacial score (nSPS) is 10.7. The molecule has 0 aliphatic heterocycles. The van der Waals surface area contributed by atoms with E-state index in [9.17, 15) is 14.9 Å². The van der Waals surface area contributed by atoms with Gasteiger partial charge in [-0.25, -0.2) is 9.48 Å². The van der Waals surface area contributed by atoms with Crippen LogP contribution in [0.1, 0.15) is 10.4 Å². The Balaban J connectivity index is 1.59. The van der Waals surface area contributed by atoms with E-state index in [1.165, 1.54) is 34.2 Å². The molecule has 3 aromatic rings. The Kier molecular flexibility index (Phi) is 5.19. The molecule has 0 aliphatic carbocycles. The minimum Gasteiger partial charge on any atom is -0.460 e. The number of carbonyl (C=O) groups is 1. The van der Waals surface area contributed by atoms with E-state index < -0.39 is 10.9 Å². The molecule has 0 bridgehead atoms. The molecule has 0 fully saturated rings. The number of carbonyl (C=O) groups excluding carboxylic acids is 1. The van der Waals surface area contributed by atoms with E-state index in [1.54, 1.807) is 18.2 Å². The summed E-state index contributed by atoms with van der Waals surface area (Å²) in [5.74, 6) is -0.829. The summed E-state index contributed by atoms with van der Waals surface area (Å²) in [6.45, 7) is 0.276. The number of aromatic nitrogens is 4. The third-order valence-electron chi connectivity index (χ3n) is 3.38. The SMILES string of the molecule is O=C(OCCn1cnc([N+](=O)[O-])c1)c1cnn(-c2ccc(Cl)c(Cl)c2)c1. The van der Waals surface area contributed by atoms with Gasteiger partial charge in [0, 0.05) is 6.20 Å². The minimum absolute atomic E-state index is 0.0320. The molecule has 9 nitrogen and oxygen atoms in total. The van der Waals surface area contributed by atoms with E-state index in [4.69, 9.17) is 27.9 Å². The number of hydrogen-bond donors (Lipinski definition) is 0. The van der Waals surface area contributed by atoms with Crippen LogP contribution in [0.25, 0.3) is 5.69 Å². The van der Waals surface area contributed by atoms with Crippen LogP contribution in [0.15, 0.2) is 43.1 Å². The van der Waals surface area contributed by atoms with Gasteiger partial charge in [0.25, 0.3) is 0 Å². The van der Waals surface area contributed by atoms with Gasteiger partial charge in [-0.3, -0.25) is 0 Å². The Bertz CT molecular complexity index is 969. The number of rotatable bonds is 6. The number of ether oxygens (including phenoxy) is 1. The van der Waals surface area contributed by atoms with Crippen molar-refractivity contribution in [2.45, 2.75) is 6.54 Å². The first-order valence-electron chi connectivity index (χ1n) is 7.27. The van der Waals surface area contributed by atoms with Gasteiger partial charge in [-0.1, -0.05) is 23.2 Å². The molecule has 26 heavy (non-hydrogen) atoms. The Morgan fingerprint density at radius 1 is 1.27 bits per heavy atom. The molecule has 134 valence electrons. The summed E-state index contributed by atoms with van der Waals surface area (Å²) >= 11 is 11.8. The maximum atomic E-state index is 12.1. The van der Waals surface area contributed by atoms with Crippen molar-refractivity contribution in [3.8, 4) is 5.69 Å². The Labute approximate surface area is 156 Å². The number of nitrogens with zero attached hydrogens (tertiary/aromatic N) is 5. The number of benzene rings is 1. The number of halogens is 2. The lowest BCUT2D eigenvalue weighted by Gasteiger charge is -2.04. The van der Waals surface area contributed by atoms with E-state index in [2.05, 4.69) is 10.1 Å². The maximum Gasteiger partial charge on any atom is 0.381 e. The summed E-state index contributed by atoms with van der Waals surface area (Å²) in [6, 6.07) is 4.96. The maximum absolute atomic E-state index is 12.1. The fraction of sp³-hybridized carbons (Fsp3) is 0.133. The summed E-state index contributed by atoms with van der Waals surface area (Å²) < 4.78 is 8.07. The molecule has 0 saturated carbocycles. The third kappa shape index (κ3) is 4.01. The van der Waals surface area contributed by atoms with Crippen molar-refractivity contribution in [3.05, 3.63) is 68.8 Å². The highest BCUT2D eigenvalue weighted by Crippen LogP contribution is 2.24. The quantitative estimate of drug-likeness (QED) is 0.360. The van der Waals surface area contributed by atoms with Crippen molar-refractivity contribution in [2.75, 3.05) is 6.61 Å². The molecule has 2 heterocycles. The van der Waals surface area contributed by atoms with Gasteiger partial charge >= 0.3 is 11.8 Å². The zero-order valence-corrected chi connectivity index (χ0v) is 14.6. The van der Waals surface area contributed by atoms with Crippen LogP contribution in [0.3, 0.4) is 0 Å². The molecule has 0 N–H and O–H groups in total. The Morgan fingerprint density at radius 3 is 2.77 bits per heavy atom. The minimum atomic E-state index is -0.597. The average Bonchev–Trinajstić information content (AvgIpc) is 3.27. The molecule has 0 spiro atoms. The second-order valence-corrected chi connectivity index (χ2v) is 5.95. The van der Waals surface area contributed by atoms with Gasteiger partial charge < -0.3 is 19.4 Å². The lowest BCUT2D eigenvalue weighted by molar-refractivity contribution is -0.389. The molecular weight excluding hydrogens is 385 g/mol. The van der Waals surface area contributed by atoms with Gasteiger partial charge in [0.1, 0.15) is 12.8 Å². The summed E-state index contributed by atoms with van der Waals surface area (Å²) in [7, 11) is 0. The predicted molar refractivity (Wildman–Crippen MR) is 92.7 cm³/mol. The van der Waals surface area contributed by atoms with Crippen LogP contribution >= 0.6 is 23.2 Å². The van der Waals surface area contributed by atoms with Crippen molar-refractivity contribution >= 4 is 35.0 Å². The molecule has 1 aromatic carbocycles. The number of imidazole rings is 1. The number of esters is 1. The predicted octanol–water partition coefficient (Wildman–Crippen LogP) is 3.14. The smallest absolute Gasteiger partial charge is 0.381 e. The molecule has 0 saturated heterocycles. The molecule has 0 atom stereocenters. The van der Waals surface area contributed by atoms with Crippen LogP contribution in [-0.2, 0) is 11.3 Å². The van der Waals surface area contributed by atoms with Gasteiger partial charge in [0.15, 0.2) is 0 Å². The first-order valence-corrected chi connectivity index (χ1v) is 8.03. The summed E-state index contributed by atoms with van der Waals surface area (Å²) in [6.07, 6.45) is 5.43. The van der Waals surface area contributed by atoms with Crippen LogP contribution in [0.4, 0.5) is 5.82 Å². The topological polar surface area (TPSA) is 105 Å². The van der Waals surface area contributed by atoms with Gasteiger partial charge in [-0.15, -0.1) is 0 Å². The first kappa shape index (κ1) is 17.9. The number of nitro groups is 1. The van der Waals surface area contributed by atoms with Crippen LogP contribution in [-0.4, -0.2) is 36.8 Å². The second-order valence-electron chi connectivity index (χ2n) is 5.13. The van der Waals surface area contributed by atoms with E-state index in [1.807, 2.05) is 0 Å². The molecule has 0 radical (unpaired) electrons. The van der Waals surface area contributed by atoms with Crippen molar-refractivity contribution < 1.29 is 14.5 Å². The summed E-state index contributed by atoms with van der Waals surface area (Å²) in [5.41, 5.74) is 0.900. The number of hydrogen-bond acceptors (Lipinski definition) is 6. The average molecular weight is 396 g/mol. The van der Waals surface area contributed by atoms with Crippen molar-refractivity contribution in [1.29, 1.82) is 0 Å². The van der Waals surface area contributed by atoms with Crippen molar-refractivity contribution in [2.24, 2.45) is 0 Å². The van der Waals surface area contributed by atoms with Crippen LogP contribution in [0, 0.1) is 10.1 Å². The van der Waals surface area contributed by atoms with Crippen LogP contribution in [0.2, 0.25) is 10.0 Å². The second kappa shape index (κ2) is 7.54. The Morgan fingerprint density at radius 2 is 2.08 bits per heavy atom. The van der Waals surface area contributed by atoms with Gasteiger partial charge in [0.05, 0.1) is 34.0 Å². The highest BCUT2D eigenvalue weighted by atomic mass is 35.5. The van der Waals surface area contributed by atoms with Crippen LogP contribution < -0.4 is 0 Å². The van der Waals surface area contributed by atoms with Crippen molar-refractivity contribution in [3.63, 3.8) is 0 Å². The zero-order valence-electron chi connectivity index (χ0n) is 13.1. The van der Waals surface area contributed by atoms with Gasteiger partial charge in [-0.2, -0.15) is 5.10 Å². The molecular formula is C15H11Cl2N5O4. The molecule has 3 rings (SSSR count). The lowest BCUT2D eigenvalue weighted by Crippen LogP contribution is -2.10. The highest BCUT2D eigenvalue weighted by Gasteiger charge is 2.13. The Hall–Kier alpha value is -2.91. The van der Waals surface area contributed by atoms with E-state index in [0.29, 0.717) is 15.7 Å².